The van der Waals surface area contributed by atoms with Gasteiger partial charge in [0.1, 0.15) is 6.33 Å². The van der Waals surface area contributed by atoms with Gasteiger partial charge in [0.2, 0.25) is 11.8 Å². The molecule has 2 rings (SSSR count). The second-order valence-corrected chi connectivity index (χ2v) is 4.65. The minimum atomic E-state index is 0.398. The maximum atomic E-state index is 5.91. The Bertz CT molecular complexity index is 378. The zero-order valence-corrected chi connectivity index (χ0v) is 10.9. The predicted octanol–water partition coefficient (Wildman–Crippen LogP) is 2.42. The first kappa shape index (κ1) is 12.9. The summed E-state index contributed by atoms with van der Waals surface area (Å²) < 4.78 is 11.0. The van der Waals surface area contributed by atoms with Crippen molar-refractivity contribution in [3.63, 3.8) is 0 Å². The molecule has 2 N–H and O–H groups in total. The Morgan fingerprint density at radius 3 is 2.50 bits per heavy atom. The van der Waals surface area contributed by atoms with Gasteiger partial charge >= 0.3 is 0 Å². The summed E-state index contributed by atoms with van der Waals surface area (Å²) >= 11 is 0. The third kappa shape index (κ3) is 3.24. The average molecular weight is 251 g/mol. The third-order valence-corrected chi connectivity index (χ3v) is 3.27. The second-order valence-electron chi connectivity index (χ2n) is 4.65. The number of aromatic nitrogens is 2. The summed E-state index contributed by atoms with van der Waals surface area (Å²) in [5.41, 5.74) is 6.31. The number of nitrogen functional groups attached to an aromatic ring is 1. The van der Waals surface area contributed by atoms with Crippen LogP contribution in [-0.4, -0.2) is 23.2 Å². The zero-order chi connectivity index (χ0) is 12.8. The molecular formula is C13H21N3O2. The van der Waals surface area contributed by atoms with E-state index in [1.807, 2.05) is 6.92 Å². The molecule has 1 heterocycles. The molecule has 0 aromatic carbocycles. The minimum Gasteiger partial charge on any atom is -0.476 e. The van der Waals surface area contributed by atoms with Crippen LogP contribution in [0.2, 0.25) is 0 Å². The van der Waals surface area contributed by atoms with Gasteiger partial charge in [-0.05, 0) is 25.7 Å². The van der Waals surface area contributed by atoms with Crippen LogP contribution >= 0.6 is 0 Å². The van der Waals surface area contributed by atoms with Crippen molar-refractivity contribution >= 4 is 5.69 Å². The van der Waals surface area contributed by atoms with Crippen LogP contribution in [0, 0.1) is 5.92 Å². The van der Waals surface area contributed by atoms with E-state index in [0.29, 0.717) is 36.6 Å². The van der Waals surface area contributed by atoms with Gasteiger partial charge in [-0.1, -0.05) is 19.3 Å². The molecule has 5 heteroatoms. The molecule has 0 aliphatic heterocycles. The number of hydrogen-bond acceptors (Lipinski definition) is 5. The number of ether oxygens (including phenoxy) is 2. The Morgan fingerprint density at radius 1 is 1.17 bits per heavy atom. The summed E-state index contributed by atoms with van der Waals surface area (Å²) in [5, 5.41) is 0. The van der Waals surface area contributed by atoms with Crippen molar-refractivity contribution in [3.8, 4) is 11.8 Å². The lowest BCUT2D eigenvalue weighted by Crippen LogP contribution is -2.16. The lowest BCUT2D eigenvalue weighted by atomic mass is 9.90. The topological polar surface area (TPSA) is 70.3 Å². The van der Waals surface area contributed by atoms with Crippen LogP contribution in [0.4, 0.5) is 5.69 Å². The first-order chi connectivity index (χ1) is 8.81. The zero-order valence-electron chi connectivity index (χ0n) is 10.9. The van der Waals surface area contributed by atoms with Gasteiger partial charge in [-0.25, -0.2) is 0 Å². The molecule has 18 heavy (non-hydrogen) atoms. The molecule has 0 unspecified atom stereocenters. The van der Waals surface area contributed by atoms with Crippen molar-refractivity contribution in [2.24, 2.45) is 5.92 Å². The molecule has 5 nitrogen and oxygen atoms in total. The molecule has 0 bridgehead atoms. The molecule has 0 saturated heterocycles. The smallest absolute Gasteiger partial charge is 0.244 e. The van der Waals surface area contributed by atoms with E-state index in [2.05, 4.69) is 9.97 Å². The van der Waals surface area contributed by atoms with E-state index in [1.54, 1.807) is 0 Å². The van der Waals surface area contributed by atoms with Crippen LogP contribution in [0.3, 0.4) is 0 Å². The van der Waals surface area contributed by atoms with Gasteiger partial charge in [-0.3, -0.25) is 0 Å². The van der Waals surface area contributed by atoms with E-state index in [-0.39, 0.29) is 0 Å². The summed E-state index contributed by atoms with van der Waals surface area (Å²) in [6, 6.07) is 0. The van der Waals surface area contributed by atoms with E-state index in [0.717, 1.165) is 0 Å². The van der Waals surface area contributed by atoms with Crippen LogP contribution in [0.5, 0.6) is 11.8 Å². The highest BCUT2D eigenvalue weighted by molar-refractivity contribution is 5.55. The third-order valence-electron chi connectivity index (χ3n) is 3.27. The van der Waals surface area contributed by atoms with Gasteiger partial charge in [0.05, 0.1) is 13.2 Å². The summed E-state index contributed by atoms with van der Waals surface area (Å²) in [7, 11) is 0. The SMILES string of the molecule is CCOc1ncnc(OCC2CCCCC2)c1N. The Labute approximate surface area is 108 Å². The Morgan fingerprint density at radius 2 is 1.83 bits per heavy atom. The van der Waals surface area contributed by atoms with Crippen molar-refractivity contribution in [1.82, 2.24) is 9.97 Å². The summed E-state index contributed by atoms with van der Waals surface area (Å²) in [5.74, 6) is 1.48. The van der Waals surface area contributed by atoms with Gasteiger partial charge in [-0.2, -0.15) is 9.97 Å². The summed E-state index contributed by atoms with van der Waals surface area (Å²) in [4.78, 5) is 8.05. The minimum absolute atomic E-state index is 0.398. The highest BCUT2D eigenvalue weighted by atomic mass is 16.5. The monoisotopic (exact) mass is 251 g/mol. The number of nitrogens with zero attached hydrogens (tertiary/aromatic N) is 2. The van der Waals surface area contributed by atoms with Crippen LogP contribution in [0.1, 0.15) is 39.0 Å². The molecule has 0 spiro atoms. The Kier molecular flexibility index (Phi) is 4.61. The summed E-state index contributed by atoms with van der Waals surface area (Å²) in [6.07, 6.45) is 7.86. The Hall–Kier alpha value is -1.52. The van der Waals surface area contributed by atoms with Crippen molar-refractivity contribution < 1.29 is 9.47 Å². The van der Waals surface area contributed by atoms with E-state index in [9.17, 15) is 0 Å². The molecule has 0 amide bonds. The van der Waals surface area contributed by atoms with Crippen LogP contribution in [0.15, 0.2) is 6.33 Å². The number of anilines is 1. The van der Waals surface area contributed by atoms with E-state index >= 15 is 0 Å². The predicted molar refractivity (Wildman–Crippen MR) is 69.7 cm³/mol. The van der Waals surface area contributed by atoms with Crippen LogP contribution < -0.4 is 15.2 Å². The second kappa shape index (κ2) is 6.42. The fourth-order valence-corrected chi connectivity index (χ4v) is 2.28. The molecule has 1 fully saturated rings. The maximum Gasteiger partial charge on any atom is 0.244 e. The van der Waals surface area contributed by atoms with E-state index < -0.39 is 0 Å². The molecule has 0 radical (unpaired) electrons. The van der Waals surface area contributed by atoms with Gasteiger partial charge in [0.25, 0.3) is 0 Å². The van der Waals surface area contributed by atoms with Crippen molar-refractivity contribution in [1.29, 1.82) is 0 Å². The molecular weight excluding hydrogens is 230 g/mol. The van der Waals surface area contributed by atoms with Crippen molar-refractivity contribution in [2.45, 2.75) is 39.0 Å². The van der Waals surface area contributed by atoms with Crippen molar-refractivity contribution in [2.75, 3.05) is 18.9 Å². The molecule has 0 atom stereocenters. The van der Waals surface area contributed by atoms with Gasteiger partial charge < -0.3 is 15.2 Å². The molecule has 1 aromatic rings. The number of nitrogens with two attached hydrogens (primary N) is 1. The average Bonchev–Trinajstić information content (AvgIpc) is 2.41. The quantitative estimate of drug-likeness (QED) is 0.870. The van der Waals surface area contributed by atoms with Gasteiger partial charge in [0, 0.05) is 0 Å². The molecule has 1 aromatic heterocycles. The molecule has 1 aliphatic rings. The normalized spacial score (nSPS) is 16.5. The molecule has 100 valence electrons. The lowest BCUT2D eigenvalue weighted by Gasteiger charge is -2.21. The Balaban J connectivity index is 1.93. The fraction of sp³-hybridized carbons (Fsp3) is 0.692. The number of rotatable bonds is 5. The largest absolute Gasteiger partial charge is 0.476 e. The van der Waals surface area contributed by atoms with Crippen molar-refractivity contribution in [3.05, 3.63) is 6.33 Å². The highest BCUT2D eigenvalue weighted by Crippen LogP contribution is 2.29. The van der Waals surface area contributed by atoms with Crippen LogP contribution in [0.25, 0.3) is 0 Å². The van der Waals surface area contributed by atoms with Gasteiger partial charge in [0.15, 0.2) is 5.69 Å². The van der Waals surface area contributed by atoms with E-state index in [4.69, 9.17) is 15.2 Å². The lowest BCUT2D eigenvalue weighted by molar-refractivity contribution is 0.202. The standard InChI is InChI=1S/C13H21N3O2/c1-2-17-12-11(14)13(16-9-15-12)18-8-10-6-4-3-5-7-10/h9-10H,2-8,14H2,1H3. The van der Waals surface area contributed by atoms with E-state index in [1.165, 1.54) is 38.4 Å². The van der Waals surface area contributed by atoms with Gasteiger partial charge in [-0.15, -0.1) is 0 Å². The summed E-state index contributed by atoms with van der Waals surface area (Å²) in [6.45, 7) is 3.11. The first-order valence-corrected chi connectivity index (χ1v) is 6.67. The fourth-order valence-electron chi connectivity index (χ4n) is 2.28. The molecule has 1 aliphatic carbocycles. The number of hydrogen-bond donors (Lipinski definition) is 1. The highest BCUT2D eigenvalue weighted by Gasteiger charge is 2.16. The molecule has 1 saturated carbocycles. The van der Waals surface area contributed by atoms with Crippen LogP contribution in [-0.2, 0) is 0 Å². The maximum absolute atomic E-state index is 5.91. The first-order valence-electron chi connectivity index (χ1n) is 6.67.